The normalized spacial score (nSPS) is 23.4. The maximum absolute atomic E-state index is 5.67. The van der Waals surface area contributed by atoms with E-state index in [4.69, 9.17) is 15.7 Å². The molecule has 4 N–H and O–H groups in total. The summed E-state index contributed by atoms with van der Waals surface area (Å²) in [4.78, 5) is 13.9. The molecule has 5 rings (SSSR count). The summed E-state index contributed by atoms with van der Waals surface area (Å²) in [5.74, 6) is 1.72. The first-order valence-corrected chi connectivity index (χ1v) is 12.9. The number of aromatic nitrogens is 2. The molecular formula is C28H39N7. The van der Waals surface area contributed by atoms with E-state index in [2.05, 4.69) is 63.9 Å². The van der Waals surface area contributed by atoms with Gasteiger partial charge in [0.25, 0.3) is 0 Å². The van der Waals surface area contributed by atoms with Crippen LogP contribution in [0.4, 0.5) is 17.5 Å². The summed E-state index contributed by atoms with van der Waals surface area (Å²) < 4.78 is 0. The van der Waals surface area contributed by atoms with Crippen molar-refractivity contribution in [3.05, 3.63) is 54.1 Å². The Balaban J connectivity index is 1.13. The summed E-state index contributed by atoms with van der Waals surface area (Å²) in [5, 5.41) is 8.57. The van der Waals surface area contributed by atoms with Crippen LogP contribution in [0, 0.1) is 5.41 Å². The number of nitrogens with two attached hydrogens (primary N) is 1. The maximum atomic E-state index is 5.67. The molecule has 7 heteroatoms. The molecular weight excluding hydrogens is 434 g/mol. The van der Waals surface area contributed by atoms with Gasteiger partial charge in [-0.2, -0.15) is 4.98 Å². The van der Waals surface area contributed by atoms with Gasteiger partial charge in [0, 0.05) is 63.9 Å². The quantitative estimate of drug-likeness (QED) is 0.433. The molecule has 2 aliphatic carbocycles. The standard InChI is InChI=1S/C28H39N7/c1-34(2)26-23-6-4-5-7-24(23)32-27(33-26)31-21-12-14-28(15-13-21)18-25(28)30-19-20-8-10-22(11-9-20)35(3)17-16-29/h4-11,21,25,30H,12-19,29H2,1-3H3,(H,31,32,33)/t21?,25-,28?/m1/s1. The molecule has 1 atom stereocenters. The van der Waals surface area contributed by atoms with E-state index in [1.165, 1.54) is 43.4 Å². The lowest BCUT2D eigenvalue weighted by molar-refractivity contribution is 0.296. The minimum absolute atomic E-state index is 0.441. The Hall–Kier alpha value is -2.90. The Bertz CT molecular complexity index is 1140. The lowest BCUT2D eigenvalue weighted by Crippen LogP contribution is -2.31. The molecule has 1 aromatic heterocycles. The Kier molecular flexibility index (Phi) is 6.80. The minimum atomic E-state index is 0.441. The average molecular weight is 474 g/mol. The predicted molar refractivity (Wildman–Crippen MR) is 146 cm³/mol. The molecule has 2 aromatic carbocycles. The van der Waals surface area contributed by atoms with Gasteiger partial charge < -0.3 is 26.2 Å². The van der Waals surface area contributed by atoms with E-state index in [1.807, 2.05) is 26.2 Å². The predicted octanol–water partition coefficient (Wildman–Crippen LogP) is 3.99. The molecule has 7 nitrogen and oxygen atoms in total. The number of rotatable bonds is 9. The Morgan fingerprint density at radius 1 is 1.00 bits per heavy atom. The molecule has 3 aromatic rings. The van der Waals surface area contributed by atoms with Crippen molar-refractivity contribution in [2.75, 3.05) is 49.3 Å². The number of anilines is 3. The van der Waals surface area contributed by atoms with Gasteiger partial charge in [0.05, 0.1) is 5.52 Å². The van der Waals surface area contributed by atoms with Crippen LogP contribution in [-0.4, -0.2) is 56.3 Å². The van der Waals surface area contributed by atoms with E-state index in [0.29, 0.717) is 24.0 Å². The summed E-state index contributed by atoms with van der Waals surface area (Å²) in [6.07, 6.45) is 6.18. The van der Waals surface area contributed by atoms with E-state index in [-0.39, 0.29) is 0 Å². The first-order valence-electron chi connectivity index (χ1n) is 12.9. The Labute approximate surface area is 209 Å². The zero-order valence-electron chi connectivity index (χ0n) is 21.3. The second kappa shape index (κ2) is 9.99. The second-order valence-electron chi connectivity index (χ2n) is 10.6. The van der Waals surface area contributed by atoms with Gasteiger partial charge >= 0.3 is 0 Å². The molecule has 1 heterocycles. The van der Waals surface area contributed by atoms with Crippen molar-refractivity contribution in [1.29, 1.82) is 0 Å². The zero-order valence-corrected chi connectivity index (χ0v) is 21.3. The third-order valence-electron chi connectivity index (χ3n) is 7.91. The lowest BCUT2D eigenvalue weighted by atomic mass is 9.83. The highest BCUT2D eigenvalue weighted by Crippen LogP contribution is 2.56. The van der Waals surface area contributed by atoms with Gasteiger partial charge in [-0.3, -0.25) is 0 Å². The Morgan fingerprint density at radius 3 is 2.46 bits per heavy atom. The monoisotopic (exact) mass is 473 g/mol. The summed E-state index contributed by atoms with van der Waals surface area (Å²) in [7, 11) is 6.17. The molecule has 186 valence electrons. The van der Waals surface area contributed by atoms with Crippen LogP contribution in [0.25, 0.3) is 10.9 Å². The number of fused-ring (bicyclic) bond motifs is 1. The van der Waals surface area contributed by atoms with Crippen LogP contribution in [0.15, 0.2) is 48.5 Å². The van der Waals surface area contributed by atoms with Gasteiger partial charge in [0.1, 0.15) is 5.82 Å². The third-order valence-corrected chi connectivity index (χ3v) is 7.91. The first-order chi connectivity index (χ1) is 17.0. The number of para-hydroxylation sites is 1. The van der Waals surface area contributed by atoms with Crippen LogP contribution in [0.2, 0.25) is 0 Å². The SMILES string of the molecule is CN(C)c1nc(NC2CCC3(CC2)C[C@H]3NCc2ccc(N(C)CCN)cc2)nc2ccccc12. The van der Waals surface area contributed by atoms with E-state index < -0.39 is 0 Å². The molecule has 2 saturated carbocycles. The molecule has 0 radical (unpaired) electrons. The third kappa shape index (κ3) is 5.21. The van der Waals surface area contributed by atoms with Gasteiger partial charge in [-0.25, -0.2) is 4.98 Å². The molecule has 0 saturated heterocycles. The van der Waals surface area contributed by atoms with Crippen molar-refractivity contribution in [3.63, 3.8) is 0 Å². The summed E-state index contributed by atoms with van der Waals surface area (Å²) in [5.41, 5.74) is 9.72. The highest BCUT2D eigenvalue weighted by atomic mass is 15.2. The average Bonchev–Trinajstić information content (AvgIpc) is 3.55. The molecule has 2 aliphatic rings. The minimum Gasteiger partial charge on any atom is -0.373 e. The summed E-state index contributed by atoms with van der Waals surface area (Å²) in [6.45, 7) is 2.49. The van der Waals surface area contributed by atoms with Crippen molar-refractivity contribution < 1.29 is 0 Å². The summed E-state index contributed by atoms with van der Waals surface area (Å²) in [6, 6.07) is 18.2. The molecule has 35 heavy (non-hydrogen) atoms. The van der Waals surface area contributed by atoms with Crippen LogP contribution in [0.3, 0.4) is 0 Å². The van der Waals surface area contributed by atoms with Crippen LogP contribution in [0.5, 0.6) is 0 Å². The van der Waals surface area contributed by atoms with Gasteiger partial charge in [0.2, 0.25) is 5.95 Å². The van der Waals surface area contributed by atoms with Crippen LogP contribution in [-0.2, 0) is 6.54 Å². The smallest absolute Gasteiger partial charge is 0.225 e. The number of likely N-dealkylation sites (N-methyl/N-ethyl adjacent to an activating group) is 1. The van der Waals surface area contributed by atoms with E-state index in [9.17, 15) is 0 Å². The number of hydrogen-bond acceptors (Lipinski definition) is 7. The van der Waals surface area contributed by atoms with E-state index in [0.717, 1.165) is 35.8 Å². The van der Waals surface area contributed by atoms with Crippen molar-refractivity contribution in [3.8, 4) is 0 Å². The molecule has 0 amide bonds. The lowest BCUT2D eigenvalue weighted by Gasteiger charge is -2.30. The fourth-order valence-corrected chi connectivity index (χ4v) is 5.61. The van der Waals surface area contributed by atoms with Crippen LogP contribution < -0.4 is 26.2 Å². The van der Waals surface area contributed by atoms with Gasteiger partial charge in [-0.05, 0) is 67.3 Å². The van der Waals surface area contributed by atoms with Crippen molar-refractivity contribution in [1.82, 2.24) is 15.3 Å². The highest BCUT2D eigenvalue weighted by molar-refractivity contribution is 5.90. The number of hydrogen-bond donors (Lipinski definition) is 3. The van der Waals surface area contributed by atoms with Crippen LogP contribution in [0.1, 0.15) is 37.7 Å². The van der Waals surface area contributed by atoms with Gasteiger partial charge in [-0.1, -0.05) is 24.3 Å². The fourth-order valence-electron chi connectivity index (χ4n) is 5.61. The van der Waals surface area contributed by atoms with E-state index in [1.54, 1.807) is 0 Å². The molecule has 0 unspecified atom stereocenters. The summed E-state index contributed by atoms with van der Waals surface area (Å²) >= 11 is 0. The van der Waals surface area contributed by atoms with Crippen molar-refractivity contribution >= 4 is 28.4 Å². The zero-order chi connectivity index (χ0) is 24.4. The van der Waals surface area contributed by atoms with Crippen molar-refractivity contribution in [2.24, 2.45) is 11.1 Å². The topological polar surface area (TPSA) is 82.3 Å². The van der Waals surface area contributed by atoms with Gasteiger partial charge in [-0.15, -0.1) is 0 Å². The number of benzene rings is 2. The Morgan fingerprint density at radius 2 is 1.74 bits per heavy atom. The fraction of sp³-hybridized carbons (Fsp3) is 0.500. The second-order valence-corrected chi connectivity index (χ2v) is 10.6. The van der Waals surface area contributed by atoms with Gasteiger partial charge in [0.15, 0.2) is 0 Å². The number of nitrogens with one attached hydrogen (secondary N) is 2. The molecule has 1 spiro atoms. The van der Waals surface area contributed by atoms with Crippen LogP contribution >= 0.6 is 0 Å². The highest BCUT2D eigenvalue weighted by Gasteiger charge is 2.54. The molecule has 0 bridgehead atoms. The molecule has 2 fully saturated rings. The van der Waals surface area contributed by atoms with E-state index >= 15 is 0 Å². The van der Waals surface area contributed by atoms with Crippen molar-refractivity contribution in [2.45, 2.75) is 50.7 Å². The number of nitrogens with zero attached hydrogens (tertiary/aromatic N) is 4. The molecule has 0 aliphatic heterocycles. The largest absolute Gasteiger partial charge is 0.373 e. The first kappa shape index (κ1) is 23.8. The maximum Gasteiger partial charge on any atom is 0.225 e.